The fourth-order valence-corrected chi connectivity index (χ4v) is 2.64. The van der Waals surface area contributed by atoms with Crippen molar-refractivity contribution in [3.63, 3.8) is 0 Å². The number of benzene rings is 1. The number of nitrogens with zero attached hydrogens (tertiary/aromatic N) is 1. The molecule has 0 unspecified atom stereocenters. The van der Waals surface area contributed by atoms with Crippen molar-refractivity contribution in [3.8, 4) is 5.75 Å². The number of carbonyl (C=O) groups is 1. The Bertz CT molecular complexity index is 591. The van der Waals surface area contributed by atoms with Gasteiger partial charge in [0.2, 0.25) is 0 Å². The van der Waals surface area contributed by atoms with E-state index in [1.807, 2.05) is 19.2 Å². The van der Waals surface area contributed by atoms with Gasteiger partial charge in [-0.3, -0.25) is 0 Å². The molecule has 0 aliphatic heterocycles. The maximum atomic E-state index is 13.6. The number of thiazole rings is 1. The molecule has 0 saturated heterocycles. The molecule has 2 rings (SSSR count). The molecule has 5 nitrogen and oxygen atoms in total. The number of nitrogens with one attached hydrogen (secondary N) is 1. The van der Waals surface area contributed by atoms with Crippen LogP contribution >= 0.6 is 23.3 Å². The first-order chi connectivity index (χ1) is 10.1. The zero-order valence-corrected chi connectivity index (χ0v) is 13.3. The van der Waals surface area contributed by atoms with E-state index in [9.17, 15) is 9.18 Å². The lowest BCUT2D eigenvalue weighted by molar-refractivity contribution is 0.0691. The van der Waals surface area contributed by atoms with Crippen LogP contribution in [0.2, 0.25) is 0 Å². The van der Waals surface area contributed by atoms with Crippen LogP contribution in [0.15, 0.2) is 28.0 Å². The van der Waals surface area contributed by atoms with Crippen LogP contribution in [-0.2, 0) is 0 Å². The van der Waals surface area contributed by atoms with Crippen LogP contribution < -0.4 is 9.46 Å². The highest BCUT2D eigenvalue weighted by atomic mass is 32.2. The molecule has 0 atom stereocenters. The Morgan fingerprint density at radius 1 is 1.48 bits per heavy atom. The summed E-state index contributed by atoms with van der Waals surface area (Å²) < 4.78 is 21.5. The monoisotopic (exact) mass is 330 g/mol. The molecule has 1 aromatic carbocycles. The highest BCUT2D eigenvalue weighted by Gasteiger charge is 2.15. The number of hydrogen-bond donors (Lipinski definition) is 2. The number of halogens is 1. The number of carboxylic acids is 1. The molecule has 1 aromatic heterocycles. The van der Waals surface area contributed by atoms with Crippen LogP contribution in [0, 0.1) is 5.82 Å². The number of aromatic carboxylic acids is 1. The maximum Gasteiger partial charge on any atom is 0.338 e. The molecular weight excluding hydrogens is 315 g/mol. The third kappa shape index (κ3) is 4.61. The first-order valence-electron chi connectivity index (χ1n) is 6.03. The van der Waals surface area contributed by atoms with E-state index >= 15 is 0 Å². The van der Waals surface area contributed by atoms with Crippen molar-refractivity contribution in [1.29, 1.82) is 0 Å². The number of aromatic nitrogens is 1. The minimum atomic E-state index is -1.34. The second-order valence-corrected chi connectivity index (χ2v) is 4.91. The molecule has 8 heteroatoms. The Balaban J connectivity index is 0.00000106. The van der Waals surface area contributed by atoms with E-state index in [1.165, 1.54) is 30.4 Å². The Morgan fingerprint density at radius 3 is 2.71 bits per heavy atom. The average molecular weight is 330 g/mol. The van der Waals surface area contributed by atoms with Crippen LogP contribution in [-0.4, -0.2) is 23.2 Å². The van der Waals surface area contributed by atoms with Crippen LogP contribution in [0.25, 0.3) is 0 Å². The highest BCUT2D eigenvalue weighted by Crippen LogP contribution is 2.31. The summed E-state index contributed by atoms with van der Waals surface area (Å²) in [5.74, 6) is -1.91. The second-order valence-electron chi connectivity index (χ2n) is 3.37. The predicted octanol–water partition coefficient (Wildman–Crippen LogP) is 4.13. The van der Waals surface area contributed by atoms with Gasteiger partial charge in [0.15, 0.2) is 0 Å². The van der Waals surface area contributed by atoms with Crippen molar-refractivity contribution in [2.75, 3.05) is 11.8 Å². The average Bonchev–Trinajstić information content (AvgIpc) is 3.00. The molecule has 0 fully saturated rings. The van der Waals surface area contributed by atoms with Crippen LogP contribution in [0.1, 0.15) is 24.2 Å². The lowest BCUT2D eigenvalue weighted by Gasteiger charge is -2.11. The number of ether oxygens (including phenoxy) is 1. The fraction of sp³-hybridized carbons (Fsp3) is 0.231. The van der Waals surface area contributed by atoms with E-state index in [0.29, 0.717) is 5.69 Å². The van der Waals surface area contributed by atoms with Crippen molar-refractivity contribution < 1.29 is 19.0 Å². The molecule has 0 bridgehead atoms. The summed E-state index contributed by atoms with van der Waals surface area (Å²) in [6.45, 7) is 4.00. The lowest BCUT2D eigenvalue weighted by Crippen LogP contribution is -2.03. The summed E-state index contributed by atoms with van der Waals surface area (Å²) in [4.78, 5) is 14.9. The number of rotatable bonds is 5. The number of hydrogen-bond acceptors (Lipinski definition) is 6. The third-order valence-corrected chi connectivity index (χ3v) is 3.68. The van der Waals surface area contributed by atoms with Gasteiger partial charge in [0.25, 0.3) is 0 Å². The second kappa shape index (κ2) is 8.48. The molecule has 21 heavy (non-hydrogen) atoms. The standard InChI is InChI=1S/C11H9FN2O3S2.C2H6/c1-17-9-2-6(11(15)16)7(12)3-8(9)14-19-10-4-18-5-13-10;1-2/h2-5,14H,1H3,(H,15,16);1-2H3. The normalized spacial score (nSPS) is 9.52. The maximum absolute atomic E-state index is 13.6. The van der Waals surface area contributed by atoms with Crippen LogP contribution in [0.5, 0.6) is 5.75 Å². The van der Waals surface area contributed by atoms with Gasteiger partial charge in [-0.15, -0.1) is 11.3 Å². The van der Waals surface area contributed by atoms with Gasteiger partial charge in [0, 0.05) is 23.4 Å². The van der Waals surface area contributed by atoms with Crippen molar-refractivity contribution >= 4 is 34.9 Å². The fourth-order valence-electron chi connectivity index (χ4n) is 1.33. The Labute approximate surface area is 130 Å². The van der Waals surface area contributed by atoms with E-state index in [4.69, 9.17) is 9.84 Å². The van der Waals surface area contributed by atoms with Crippen LogP contribution in [0.4, 0.5) is 10.1 Å². The Kier molecular flexibility index (Phi) is 6.97. The summed E-state index contributed by atoms with van der Waals surface area (Å²) in [5.41, 5.74) is 1.60. The lowest BCUT2D eigenvalue weighted by atomic mass is 10.2. The summed E-state index contributed by atoms with van der Waals surface area (Å²) in [5, 5.41) is 11.4. The third-order valence-electron chi connectivity index (χ3n) is 2.19. The number of anilines is 1. The largest absolute Gasteiger partial charge is 0.495 e. The van der Waals surface area contributed by atoms with E-state index in [1.54, 1.807) is 5.51 Å². The first kappa shape index (κ1) is 17.3. The molecule has 0 saturated carbocycles. The van der Waals surface area contributed by atoms with Gasteiger partial charge in [-0.2, -0.15) is 0 Å². The molecule has 1 heterocycles. The van der Waals surface area contributed by atoms with E-state index in [-0.39, 0.29) is 5.75 Å². The molecule has 2 N–H and O–H groups in total. The smallest absolute Gasteiger partial charge is 0.338 e. The molecule has 0 aliphatic rings. The molecule has 0 aliphatic carbocycles. The van der Waals surface area contributed by atoms with Gasteiger partial charge >= 0.3 is 5.97 Å². The Hall–Kier alpha value is -1.80. The first-order valence-corrected chi connectivity index (χ1v) is 7.79. The van der Waals surface area contributed by atoms with Gasteiger partial charge in [-0.05, 0) is 6.07 Å². The van der Waals surface area contributed by atoms with E-state index in [0.717, 1.165) is 17.2 Å². The summed E-state index contributed by atoms with van der Waals surface area (Å²) in [7, 11) is 1.39. The van der Waals surface area contributed by atoms with E-state index in [2.05, 4.69) is 9.71 Å². The zero-order chi connectivity index (χ0) is 15.8. The van der Waals surface area contributed by atoms with Crippen molar-refractivity contribution in [3.05, 3.63) is 34.4 Å². The van der Waals surface area contributed by atoms with E-state index < -0.39 is 17.3 Å². The number of carboxylic acid groups (broad SMARTS) is 1. The molecular formula is C13H15FN2O3S2. The minimum absolute atomic E-state index is 0.251. The molecule has 0 spiro atoms. The summed E-state index contributed by atoms with van der Waals surface area (Å²) in [6.07, 6.45) is 0. The highest BCUT2D eigenvalue weighted by molar-refractivity contribution is 8.00. The topological polar surface area (TPSA) is 71.5 Å². The zero-order valence-electron chi connectivity index (χ0n) is 11.7. The summed E-state index contributed by atoms with van der Waals surface area (Å²) >= 11 is 2.63. The SMILES string of the molecule is CC.COc1cc(C(=O)O)c(F)cc1NSc1cscn1. The van der Waals surface area contributed by atoms with Gasteiger partial charge < -0.3 is 14.6 Å². The van der Waals surface area contributed by atoms with Crippen LogP contribution in [0.3, 0.4) is 0 Å². The summed E-state index contributed by atoms with van der Waals surface area (Å²) in [6, 6.07) is 2.23. The molecule has 0 amide bonds. The quantitative estimate of drug-likeness (QED) is 0.803. The van der Waals surface area contributed by atoms with Gasteiger partial charge in [0.05, 0.1) is 23.9 Å². The van der Waals surface area contributed by atoms with Gasteiger partial charge in [-0.1, -0.05) is 13.8 Å². The predicted molar refractivity (Wildman–Crippen MR) is 82.9 cm³/mol. The molecule has 0 radical (unpaired) electrons. The van der Waals surface area contributed by atoms with Crippen molar-refractivity contribution in [1.82, 2.24) is 4.98 Å². The Morgan fingerprint density at radius 2 is 2.19 bits per heavy atom. The molecule has 2 aromatic rings. The minimum Gasteiger partial charge on any atom is -0.495 e. The van der Waals surface area contributed by atoms with Gasteiger partial charge in [0.1, 0.15) is 16.6 Å². The van der Waals surface area contributed by atoms with Gasteiger partial charge in [-0.25, -0.2) is 14.2 Å². The molecule has 114 valence electrons. The number of methoxy groups -OCH3 is 1. The van der Waals surface area contributed by atoms with Crippen molar-refractivity contribution in [2.45, 2.75) is 18.9 Å². The van der Waals surface area contributed by atoms with Crippen molar-refractivity contribution in [2.24, 2.45) is 0 Å².